The summed E-state index contributed by atoms with van der Waals surface area (Å²) < 4.78 is 1.03. The van der Waals surface area contributed by atoms with E-state index in [-0.39, 0.29) is 0 Å². The van der Waals surface area contributed by atoms with Gasteiger partial charge in [0.25, 0.3) is 0 Å². The Morgan fingerprint density at radius 3 is 2.50 bits per heavy atom. The molecule has 0 fully saturated rings. The second-order valence-electron chi connectivity index (χ2n) is 3.78. The summed E-state index contributed by atoms with van der Waals surface area (Å²) in [5.41, 5.74) is 1.55. The third-order valence-electron chi connectivity index (χ3n) is 2.72. The molecule has 1 aromatic rings. The molecule has 0 bridgehead atoms. The molecule has 1 atom stereocenters. The van der Waals surface area contributed by atoms with Crippen molar-refractivity contribution in [3.8, 4) is 0 Å². The quantitative estimate of drug-likeness (QED) is 0.876. The summed E-state index contributed by atoms with van der Waals surface area (Å²) in [5.74, 6) is 0. The summed E-state index contributed by atoms with van der Waals surface area (Å²) in [7, 11) is 0. The zero-order valence-corrected chi connectivity index (χ0v) is 10.6. The van der Waals surface area contributed by atoms with Gasteiger partial charge in [0, 0.05) is 4.47 Å². The molecule has 0 amide bonds. The van der Waals surface area contributed by atoms with Crippen molar-refractivity contribution in [2.24, 2.45) is 0 Å². The Kier molecular flexibility index (Phi) is 3.73. The first-order valence-corrected chi connectivity index (χ1v) is 5.81. The maximum atomic E-state index is 10.2. The Bertz CT molecular complexity index is 318. The van der Waals surface area contributed by atoms with Crippen molar-refractivity contribution in [3.63, 3.8) is 0 Å². The van der Waals surface area contributed by atoms with E-state index in [0.29, 0.717) is 0 Å². The van der Waals surface area contributed by atoms with Crippen LogP contribution in [0.4, 0.5) is 0 Å². The average molecular weight is 257 g/mol. The van der Waals surface area contributed by atoms with Crippen molar-refractivity contribution >= 4 is 15.9 Å². The number of hydrogen-bond acceptors (Lipinski definition) is 1. The number of rotatable bonds is 3. The molecule has 1 rings (SSSR count). The minimum Gasteiger partial charge on any atom is -0.385 e. The molecule has 78 valence electrons. The summed E-state index contributed by atoms with van der Waals surface area (Å²) in [5, 5.41) is 10.2. The van der Waals surface area contributed by atoms with Gasteiger partial charge in [-0.15, -0.1) is 0 Å². The molecular formula is C12H17BrO. The van der Waals surface area contributed by atoms with Gasteiger partial charge in [-0.1, -0.05) is 35.8 Å². The SMILES string of the molecule is CCc1ccc(Br)cc1C(C)(O)CC. The van der Waals surface area contributed by atoms with Crippen LogP contribution < -0.4 is 0 Å². The molecule has 0 saturated heterocycles. The fraction of sp³-hybridized carbons (Fsp3) is 0.500. The van der Waals surface area contributed by atoms with E-state index in [2.05, 4.69) is 28.9 Å². The fourth-order valence-corrected chi connectivity index (χ4v) is 1.91. The lowest BCUT2D eigenvalue weighted by atomic mass is 9.88. The van der Waals surface area contributed by atoms with Gasteiger partial charge in [0.1, 0.15) is 0 Å². The Balaban J connectivity index is 3.23. The number of halogens is 1. The molecule has 0 heterocycles. The van der Waals surface area contributed by atoms with Gasteiger partial charge in [0.2, 0.25) is 0 Å². The number of hydrogen-bond donors (Lipinski definition) is 1. The van der Waals surface area contributed by atoms with E-state index in [1.54, 1.807) is 0 Å². The highest BCUT2D eigenvalue weighted by Gasteiger charge is 2.23. The van der Waals surface area contributed by atoms with Crippen LogP contribution in [0, 0.1) is 0 Å². The number of aryl methyl sites for hydroxylation is 1. The Labute approximate surface area is 94.3 Å². The molecule has 0 aliphatic carbocycles. The predicted octanol–water partition coefficient (Wildman–Crippen LogP) is 3.63. The Morgan fingerprint density at radius 2 is 2.00 bits per heavy atom. The van der Waals surface area contributed by atoms with Crippen molar-refractivity contribution in [1.82, 2.24) is 0 Å². The van der Waals surface area contributed by atoms with Crippen LogP contribution in [0.5, 0.6) is 0 Å². The van der Waals surface area contributed by atoms with Crippen LogP contribution in [0.2, 0.25) is 0 Å². The molecule has 1 N–H and O–H groups in total. The normalized spacial score (nSPS) is 15.2. The van der Waals surface area contributed by atoms with Gasteiger partial charge < -0.3 is 5.11 Å². The topological polar surface area (TPSA) is 20.2 Å². The van der Waals surface area contributed by atoms with Gasteiger partial charge in [-0.05, 0) is 43.0 Å². The first kappa shape index (κ1) is 11.7. The summed E-state index contributed by atoms with van der Waals surface area (Å²) in [6.45, 7) is 5.98. The van der Waals surface area contributed by atoms with Gasteiger partial charge in [-0.2, -0.15) is 0 Å². The van der Waals surface area contributed by atoms with Crippen molar-refractivity contribution < 1.29 is 5.11 Å². The second-order valence-corrected chi connectivity index (χ2v) is 4.70. The highest BCUT2D eigenvalue weighted by molar-refractivity contribution is 9.10. The van der Waals surface area contributed by atoms with Crippen LogP contribution in [0.25, 0.3) is 0 Å². The molecular weight excluding hydrogens is 240 g/mol. The standard InChI is InChI=1S/C12H17BrO/c1-4-9-6-7-10(13)8-11(9)12(3,14)5-2/h6-8,14H,4-5H2,1-3H3. The van der Waals surface area contributed by atoms with Crippen LogP contribution >= 0.6 is 15.9 Å². The molecule has 0 radical (unpaired) electrons. The van der Waals surface area contributed by atoms with Crippen LogP contribution in [-0.4, -0.2) is 5.11 Å². The monoisotopic (exact) mass is 256 g/mol. The van der Waals surface area contributed by atoms with Gasteiger partial charge in [-0.25, -0.2) is 0 Å². The van der Waals surface area contributed by atoms with Crippen molar-refractivity contribution in [1.29, 1.82) is 0 Å². The lowest BCUT2D eigenvalue weighted by Gasteiger charge is -2.25. The molecule has 1 nitrogen and oxygen atoms in total. The highest BCUT2D eigenvalue weighted by atomic mass is 79.9. The van der Waals surface area contributed by atoms with Crippen LogP contribution in [0.15, 0.2) is 22.7 Å². The molecule has 0 aliphatic rings. The van der Waals surface area contributed by atoms with E-state index in [0.717, 1.165) is 22.9 Å². The van der Waals surface area contributed by atoms with Gasteiger partial charge in [0.05, 0.1) is 5.60 Å². The molecule has 1 unspecified atom stereocenters. The van der Waals surface area contributed by atoms with Gasteiger partial charge in [0.15, 0.2) is 0 Å². The summed E-state index contributed by atoms with van der Waals surface area (Å²) >= 11 is 3.44. The molecule has 0 aromatic heterocycles. The predicted molar refractivity (Wildman–Crippen MR) is 63.4 cm³/mol. The van der Waals surface area contributed by atoms with E-state index in [1.807, 2.05) is 26.0 Å². The summed E-state index contributed by atoms with van der Waals surface area (Å²) in [6.07, 6.45) is 1.69. The molecule has 2 heteroatoms. The first-order chi connectivity index (χ1) is 6.51. The third kappa shape index (κ3) is 2.37. The van der Waals surface area contributed by atoms with E-state index >= 15 is 0 Å². The lowest BCUT2D eigenvalue weighted by Crippen LogP contribution is -2.21. The van der Waals surface area contributed by atoms with E-state index in [1.165, 1.54) is 5.56 Å². The van der Waals surface area contributed by atoms with E-state index in [9.17, 15) is 5.11 Å². The van der Waals surface area contributed by atoms with Crippen LogP contribution in [0.3, 0.4) is 0 Å². The van der Waals surface area contributed by atoms with Crippen molar-refractivity contribution in [3.05, 3.63) is 33.8 Å². The lowest BCUT2D eigenvalue weighted by molar-refractivity contribution is 0.0521. The largest absolute Gasteiger partial charge is 0.385 e. The van der Waals surface area contributed by atoms with Crippen molar-refractivity contribution in [2.75, 3.05) is 0 Å². The number of benzene rings is 1. The molecule has 0 aliphatic heterocycles. The Morgan fingerprint density at radius 1 is 1.36 bits per heavy atom. The van der Waals surface area contributed by atoms with Gasteiger partial charge >= 0.3 is 0 Å². The number of aliphatic hydroxyl groups is 1. The fourth-order valence-electron chi connectivity index (χ4n) is 1.55. The second kappa shape index (κ2) is 4.45. The Hall–Kier alpha value is -0.340. The van der Waals surface area contributed by atoms with E-state index < -0.39 is 5.60 Å². The summed E-state index contributed by atoms with van der Waals surface area (Å²) in [4.78, 5) is 0. The van der Waals surface area contributed by atoms with Gasteiger partial charge in [-0.3, -0.25) is 0 Å². The maximum Gasteiger partial charge on any atom is 0.0869 e. The zero-order chi connectivity index (χ0) is 10.8. The van der Waals surface area contributed by atoms with E-state index in [4.69, 9.17) is 0 Å². The zero-order valence-electron chi connectivity index (χ0n) is 8.97. The molecule has 1 aromatic carbocycles. The molecule has 0 saturated carbocycles. The smallest absolute Gasteiger partial charge is 0.0869 e. The highest BCUT2D eigenvalue weighted by Crippen LogP contribution is 2.30. The minimum absolute atomic E-state index is 0.713. The average Bonchev–Trinajstić information content (AvgIpc) is 2.18. The maximum absolute atomic E-state index is 10.2. The van der Waals surface area contributed by atoms with Crippen molar-refractivity contribution in [2.45, 2.75) is 39.2 Å². The molecule has 14 heavy (non-hydrogen) atoms. The molecule has 0 spiro atoms. The van der Waals surface area contributed by atoms with Crippen LogP contribution in [-0.2, 0) is 12.0 Å². The third-order valence-corrected chi connectivity index (χ3v) is 3.21. The summed E-state index contributed by atoms with van der Waals surface area (Å²) in [6, 6.07) is 6.11. The minimum atomic E-state index is -0.713. The first-order valence-electron chi connectivity index (χ1n) is 5.02. The van der Waals surface area contributed by atoms with Crippen LogP contribution in [0.1, 0.15) is 38.3 Å².